The molecule has 3 nitrogen and oxygen atoms in total. The van der Waals surface area contributed by atoms with Gasteiger partial charge in [0.15, 0.2) is 0 Å². The van der Waals surface area contributed by atoms with Crippen LogP contribution in [0.1, 0.15) is 11.1 Å². The molecule has 2 aromatic carbocycles. The molecule has 94 valence electrons. The standard InChI is InChI=1S/C16H12O3/c1-3-7-13(8-4-1)15-11-12-16(17-15,19-18-15)14-9-5-2-6-10-14/h1-12H. The molecule has 0 saturated carbocycles. The number of fused-ring (bicyclic) bond motifs is 2. The van der Waals surface area contributed by atoms with Gasteiger partial charge in [-0.1, -0.05) is 60.7 Å². The van der Waals surface area contributed by atoms with Crippen LogP contribution < -0.4 is 0 Å². The maximum absolute atomic E-state index is 6.06. The molecule has 19 heavy (non-hydrogen) atoms. The minimum Gasteiger partial charge on any atom is -0.297 e. The van der Waals surface area contributed by atoms with E-state index in [2.05, 4.69) is 0 Å². The van der Waals surface area contributed by atoms with E-state index >= 15 is 0 Å². The Labute approximate surface area is 111 Å². The zero-order valence-electron chi connectivity index (χ0n) is 10.2. The Morgan fingerprint density at radius 1 is 0.579 bits per heavy atom. The van der Waals surface area contributed by atoms with Crippen LogP contribution in [0.4, 0.5) is 0 Å². The summed E-state index contributed by atoms with van der Waals surface area (Å²) in [5.74, 6) is -1.87. The number of benzene rings is 2. The van der Waals surface area contributed by atoms with E-state index < -0.39 is 11.6 Å². The van der Waals surface area contributed by atoms with E-state index in [1.54, 1.807) is 0 Å². The predicted octanol–water partition coefficient (Wildman–Crippen LogP) is 3.24. The molecular formula is C16H12O3. The molecule has 0 N–H and O–H groups in total. The third kappa shape index (κ3) is 1.50. The van der Waals surface area contributed by atoms with Gasteiger partial charge < -0.3 is 0 Å². The lowest BCUT2D eigenvalue weighted by atomic mass is 10.1. The predicted molar refractivity (Wildman–Crippen MR) is 68.6 cm³/mol. The fourth-order valence-corrected chi connectivity index (χ4v) is 2.47. The van der Waals surface area contributed by atoms with Crippen LogP contribution in [0, 0.1) is 0 Å². The van der Waals surface area contributed by atoms with Crippen LogP contribution in [-0.4, -0.2) is 0 Å². The Morgan fingerprint density at radius 3 is 1.37 bits per heavy atom. The minimum atomic E-state index is -0.933. The highest BCUT2D eigenvalue weighted by Gasteiger charge is 2.57. The monoisotopic (exact) mass is 252 g/mol. The van der Waals surface area contributed by atoms with Crippen molar-refractivity contribution in [3.05, 3.63) is 83.9 Å². The molecule has 0 aromatic heterocycles. The summed E-state index contributed by atoms with van der Waals surface area (Å²) in [6, 6.07) is 19.5. The Bertz CT molecular complexity index is 567. The second-order valence-electron chi connectivity index (χ2n) is 4.67. The molecule has 1 saturated heterocycles. The molecular weight excluding hydrogens is 240 g/mol. The van der Waals surface area contributed by atoms with Crippen molar-refractivity contribution in [2.45, 2.75) is 11.6 Å². The van der Waals surface area contributed by atoms with Crippen molar-refractivity contribution >= 4 is 0 Å². The molecule has 2 aliphatic rings. The van der Waals surface area contributed by atoms with Crippen molar-refractivity contribution in [2.24, 2.45) is 0 Å². The van der Waals surface area contributed by atoms with Crippen LogP contribution in [0.5, 0.6) is 0 Å². The Morgan fingerprint density at radius 2 is 1.00 bits per heavy atom. The molecule has 0 radical (unpaired) electrons. The molecule has 2 bridgehead atoms. The van der Waals surface area contributed by atoms with Crippen LogP contribution >= 0.6 is 0 Å². The van der Waals surface area contributed by atoms with Crippen LogP contribution in [0.2, 0.25) is 0 Å². The van der Waals surface area contributed by atoms with E-state index in [-0.39, 0.29) is 0 Å². The third-order valence-corrected chi connectivity index (χ3v) is 3.47. The SMILES string of the molecule is C1=CC2(c3ccccc3)OOC1(c1ccccc1)O2. The summed E-state index contributed by atoms with van der Waals surface area (Å²) in [4.78, 5) is 10.9. The quantitative estimate of drug-likeness (QED) is 0.606. The lowest BCUT2D eigenvalue weighted by molar-refractivity contribution is -0.346. The highest BCUT2D eigenvalue weighted by Crippen LogP contribution is 2.52. The highest BCUT2D eigenvalue weighted by atomic mass is 17.3. The first-order valence-corrected chi connectivity index (χ1v) is 6.22. The molecule has 2 heterocycles. The molecule has 0 aliphatic carbocycles. The largest absolute Gasteiger partial charge is 0.297 e. The minimum absolute atomic E-state index is 0.918. The van der Waals surface area contributed by atoms with Gasteiger partial charge in [-0.05, 0) is 12.2 Å². The number of hydrogen-bond acceptors (Lipinski definition) is 3. The van der Waals surface area contributed by atoms with Gasteiger partial charge in [0, 0.05) is 11.1 Å². The Balaban J connectivity index is 1.75. The van der Waals surface area contributed by atoms with Gasteiger partial charge in [-0.25, -0.2) is 0 Å². The van der Waals surface area contributed by atoms with Crippen molar-refractivity contribution in [2.75, 3.05) is 0 Å². The first kappa shape index (κ1) is 10.9. The van der Waals surface area contributed by atoms with Gasteiger partial charge in [0.25, 0.3) is 0 Å². The molecule has 2 atom stereocenters. The van der Waals surface area contributed by atoms with Crippen LogP contribution in [0.25, 0.3) is 0 Å². The van der Waals surface area contributed by atoms with Crippen LogP contribution in [-0.2, 0) is 26.1 Å². The van der Waals surface area contributed by atoms with E-state index in [9.17, 15) is 0 Å². The van der Waals surface area contributed by atoms with E-state index in [4.69, 9.17) is 14.5 Å². The van der Waals surface area contributed by atoms with Crippen molar-refractivity contribution < 1.29 is 14.5 Å². The summed E-state index contributed by atoms with van der Waals surface area (Å²) in [5.41, 5.74) is 1.84. The van der Waals surface area contributed by atoms with Crippen molar-refractivity contribution in [1.82, 2.24) is 0 Å². The summed E-state index contributed by atoms with van der Waals surface area (Å²) in [6.07, 6.45) is 3.80. The van der Waals surface area contributed by atoms with E-state index in [0.717, 1.165) is 11.1 Å². The summed E-state index contributed by atoms with van der Waals surface area (Å²) < 4.78 is 6.06. The van der Waals surface area contributed by atoms with Gasteiger partial charge in [-0.3, -0.25) is 4.74 Å². The van der Waals surface area contributed by atoms with E-state index in [0.29, 0.717) is 0 Å². The van der Waals surface area contributed by atoms with Gasteiger partial charge >= 0.3 is 0 Å². The number of hydrogen-bond donors (Lipinski definition) is 0. The van der Waals surface area contributed by atoms with Gasteiger partial charge in [-0.2, -0.15) is 9.78 Å². The first-order valence-electron chi connectivity index (χ1n) is 6.22. The van der Waals surface area contributed by atoms with E-state index in [1.165, 1.54) is 0 Å². The number of rotatable bonds is 2. The second-order valence-corrected chi connectivity index (χ2v) is 4.67. The zero-order valence-corrected chi connectivity index (χ0v) is 10.2. The maximum Gasteiger partial charge on any atom is 0.250 e. The highest BCUT2D eigenvalue weighted by molar-refractivity contribution is 5.35. The molecule has 2 aromatic rings. The molecule has 2 aliphatic heterocycles. The maximum atomic E-state index is 6.06. The number of ether oxygens (including phenoxy) is 1. The van der Waals surface area contributed by atoms with Gasteiger partial charge in [-0.15, -0.1) is 0 Å². The Kier molecular flexibility index (Phi) is 2.17. The van der Waals surface area contributed by atoms with Crippen LogP contribution in [0.3, 0.4) is 0 Å². The first-order chi connectivity index (χ1) is 9.33. The molecule has 0 spiro atoms. The van der Waals surface area contributed by atoms with Crippen molar-refractivity contribution in [3.8, 4) is 0 Å². The third-order valence-electron chi connectivity index (χ3n) is 3.47. The molecule has 3 heteroatoms. The Hall–Kier alpha value is -1.94. The summed E-state index contributed by atoms with van der Waals surface area (Å²) >= 11 is 0. The van der Waals surface area contributed by atoms with Gasteiger partial charge in [0.05, 0.1) is 0 Å². The average Bonchev–Trinajstić information content (AvgIpc) is 3.08. The summed E-state index contributed by atoms with van der Waals surface area (Å²) in [6.45, 7) is 0. The van der Waals surface area contributed by atoms with Gasteiger partial charge in [0.1, 0.15) is 0 Å². The smallest absolute Gasteiger partial charge is 0.250 e. The lowest BCUT2D eigenvalue weighted by Gasteiger charge is -2.19. The molecule has 4 rings (SSSR count). The van der Waals surface area contributed by atoms with Crippen LogP contribution in [0.15, 0.2) is 72.8 Å². The normalized spacial score (nSPS) is 31.8. The fourth-order valence-electron chi connectivity index (χ4n) is 2.47. The molecule has 0 amide bonds. The fraction of sp³-hybridized carbons (Fsp3) is 0.125. The average molecular weight is 252 g/mol. The zero-order chi connectivity index (χ0) is 12.8. The lowest BCUT2D eigenvalue weighted by Crippen LogP contribution is -2.24. The molecule has 1 fully saturated rings. The van der Waals surface area contributed by atoms with E-state index in [1.807, 2.05) is 72.8 Å². The van der Waals surface area contributed by atoms with Gasteiger partial charge in [0.2, 0.25) is 11.6 Å². The summed E-state index contributed by atoms with van der Waals surface area (Å²) in [7, 11) is 0. The second kappa shape index (κ2) is 3.78. The molecule has 2 unspecified atom stereocenters. The van der Waals surface area contributed by atoms with Crippen molar-refractivity contribution in [1.29, 1.82) is 0 Å². The van der Waals surface area contributed by atoms with Crippen molar-refractivity contribution in [3.63, 3.8) is 0 Å². The summed E-state index contributed by atoms with van der Waals surface area (Å²) in [5, 5.41) is 0. The topological polar surface area (TPSA) is 27.7 Å².